The Morgan fingerprint density at radius 3 is 2.46 bits per heavy atom. The SMILES string of the molecule is CCCN(CCC)C1=Nc2c(cnc(SC)c2C#N)CN1c1ccc(Cl)cc1. The van der Waals surface area contributed by atoms with Gasteiger partial charge in [-0.1, -0.05) is 25.4 Å². The van der Waals surface area contributed by atoms with E-state index in [1.54, 1.807) is 0 Å². The zero-order chi connectivity index (χ0) is 20.1. The first-order chi connectivity index (χ1) is 13.6. The molecular weight excluding hydrogens is 390 g/mol. The lowest BCUT2D eigenvalue weighted by Crippen LogP contribution is -2.46. The monoisotopic (exact) mass is 413 g/mol. The molecule has 0 amide bonds. The number of aromatic nitrogens is 1. The standard InChI is InChI=1S/C21H24ClN5S/c1-4-10-26(11-5-2)21-25-19-15(13-24-20(28-3)18(19)12-23)14-27(21)17-8-6-16(22)7-9-17/h6-9,13H,4-5,10-11,14H2,1-3H3. The van der Waals surface area contributed by atoms with Crippen molar-refractivity contribution in [2.75, 3.05) is 24.2 Å². The van der Waals surface area contributed by atoms with E-state index in [1.807, 2.05) is 36.7 Å². The van der Waals surface area contributed by atoms with Gasteiger partial charge in [-0.2, -0.15) is 5.26 Å². The van der Waals surface area contributed by atoms with Crippen molar-refractivity contribution in [1.82, 2.24) is 9.88 Å². The normalized spacial score (nSPS) is 13.0. The van der Waals surface area contributed by atoms with Crippen molar-refractivity contribution in [3.05, 3.63) is 46.6 Å². The molecule has 1 aliphatic rings. The Bertz CT molecular complexity index is 898. The summed E-state index contributed by atoms with van der Waals surface area (Å²) in [6.45, 7) is 6.78. The lowest BCUT2D eigenvalue weighted by Gasteiger charge is -2.37. The van der Waals surface area contributed by atoms with Crippen LogP contribution in [0.15, 0.2) is 40.5 Å². The number of hydrogen-bond donors (Lipinski definition) is 0. The van der Waals surface area contributed by atoms with Gasteiger partial charge in [-0.25, -0.2) is 9.98 Å². The average molecular weight is 414 g/mol. The highest BCUT2D eigenvalue weighted by molar-refractivity contribution is 7.98. The van der Waals surface area contributed by atoms with Gasteiger partial charge < -0.3 is 9.80 Å². The number of fused-ring (bicyclic) bond motifs is 1. The van der Waals surface area contributed by atoms with Gasteiger partial charge in [0.1, 0.15) is 16.7 Å². The van der Waals surface area contributed by atoms with Crippen LogP contribution in [0.3, 0.4) is 0 Å². The Morgan fingerprint density at radius 2 is 1.89 bits per heavy atom. The Kier molecular flexibility index (Phi) is 6.82. The van der Waals surface area contributed by atoms with Gasteiger partial charge in [-0.05, 0) is 43.4 Å². The summed E-state index contributed by atoms with van der Waals surface area (Å²) in [6.07, 6.45) is 5.83. The van der Waals surface area contributed by atoms with Gasteiger partial charge in [0.15, 0.2) is 0 Å². The summed E-state index contributed by atoms with van der Waals surface area (Å²) in [5, 5.41) is 11.2. The van der Waals surface area contributed by atoms with Crippen molar-refractivity contribution in [3.63, 3.8) is 0 Å². The topological polar surface area (TPSA) is 55.5 Å². The van der Waals surface area contributed by atoms with Gasteiger partial charge in [0.05, 0.1) is 12.2 Å². The molecule has 2 heterocycles. The third-order valence-corrected chi connectivity index (χ3v) is 5.54. The number of hydrogen-bond acceptors (Lipinski definition) is 6. The molecule has 7 heteroatoms. The summed E-state index contributed by atoms with van der Waals surface area (Å²) in [6, 6.07) is 10.1. The summed E-state index contributed by atoms with van der Waals surface area (Å²) >= 11 is 7.57. The minimum atomic E-state index is 0.561. The van der Waals surface area contributed by atoms with Crippen LogP contribution in [0.2, 0.25) is 5.02 Å². The van der Waals surface area contributed by atoms with E-state index in [0.717, 1.165) is 53.9 Å². The van der Waals surface area contributed by atoms with Crippen molar-refractivity contribution in [2.45, 2.75) is 38.3 Å². The van der Waals surface area contributed by atoms with E-state index in [2.05, 4.69) is 34.7 Å². The van der Waals surface area contributed by atoms with Crippen molar-refractivity contribution in [1.29, 1.82) is 5.26 Å². The lowest BCUT2D eigenvalue weighted by atomic mass is 10.1. The lowest BCUT2D eigenvalue weighted by molar-refractivity contribution is 0.407. The van der Waals surface area contributed by atoms with Crippen LogP contribution in [0.5, 0.6) is 0 Å². The molecular formula is C21H24ClN5S. The molecule has 0 bridgehead atoms. The Morgan fingerprint density at radius 1 is 1.21 bits per heavy atom. The smallest absolute Gasteiger partial charge is 0.206 e. The molecule has 0 spiro atoms. The molecule has 0 atom stereocenters. The minimum Gasteiger partial charge on any atom is -0.342 e. The highest BCUT2D eigenvalue weighted by Gasteiger charge is 2.28. The van der Waals surface area contributed by atoms with Crippen molar-refractivity contribution in [3.8, 4) is 6.07 Å². The maximum Gasteiger partial charge on any atom is 0.206 e. The van der Waals surface area contributed by atoms with Crippen LogP contribution in [0.4, 0.5) is 11.4 Å². The molecule has 1 aliphatic heterocycles. The van der Waals surface area contributed by atoms with Crippen LogP contribution in [0, 0.1) is 11.3 Å². The van der Waals surface area contributed by atoms with E-state index in [1.165, 1.54) is 11.8 Å². The van der Waals surface area contributed by atoms with Crippen LogP contribution < -0.4 is 4.90 Å². The summed E-state index contributed by atoms with van der Waals surface area (Å²) in [5.74, 6) is 0.883. The van der Waals surface area contributed by atoms with Crippen LogP contribution in [-0.2, 0) is 6.54 Å². The quantitative estimate of drug-likeness (QED) is 0.588. The predicted octanol–water partition coefficient (Wildman–Crippen LogP) is 5.46. The zero-order valence-corrected chi connectivity index (χ0v) is 18.0. The highest BCUT2D eigenvalue weighted by atomic mass is 35.5. The van der Waals surface area contributed by atoms with E-state index in [0.29, 0.717) is 17.1 Å². The first-order valence-electron chi connectivity index (χ1n) is 9.45. The Labute approximate surface area is 176 Å². The molecule has 3 rings (SSSR count). The molecule has 0 radical (unpaired) electrons. The molecule has 0 saturated heterocycles. The van der Waals surface area contributed by atoms with Crippen molar-refractivity contribution < 1.29 is 0 Å². The first-order valence-corrected chi connectivity index (χ1v) is 11.1. The third-order valence-electron chi connectivity index (χ3n) is 4.59. The van der Waals surface area contributed by atoms with Gasteiger partial charge in [0, 0.05) is 35.6 Å². The molecule has 5 nitrogen and oxygen atoms in total. The second kappa shape index (κ2) is 9.31. The second-order valence-corrected chi connectivity index (χ2v) is 7.82. The highest BCUT2D eigenvalue weighted by Crippen LogP contribution is 2.36. The average Bonchev–Trinajstić information content (AvgIpc) is 2.72. The number of benzene rings is 1. The van der Waals surface area contributed by atoms with E-state index >= 15 is 0 Å². The fourth-order valence-corrected chi connectivity index (χ4v) is 3.98. The van der Waals surface area contributed by atoms with E-state index in [4.69, 9.17) is 16.6 Å². The predicted molar refractivity (Wildman–Crippen MR) is 118 cm³/mol. The summed E-state index contributed by atoms with van der Waals surface area (Å²) in [5.41, 5.74) is 3.30. The Hall–Kier alpha value is -2.23. The fraction of sp³-hybridized carbons (Fsp3) is 0.381. The molecule has 28 heavy (non-hydrogen) atoms. The number of guanidine groups is 1. The number of rotatable bonds is 6. The maximum absolute atomic E-state index is 9.74. The number of pyridine rings is 1. The van der Waals surface area contributed by atoms with Crippen LogP contribution in [-0.4, -0.2) is 35.2 Å². The number of aliphatic imine (C=N–C) groups is 1. The first kappa shape index (κ1) is 20.5. The minimum absolute atomic E-state index is 0.561. The van der Waals surface area contributed by atoms with Crippen molar-refractivity contribution >= 4 is 40.7 Å². The van der Waals surface area contributed by atoms with E-state index < -0.39 is 0 Å². The number of nitriles is 1. The summed E-state index contributed by atoms with van der Waals surface area (Å²) < 4.78 is 0. The molecule has 0 saturated carbocycles. The van der Waals surface area contributed by atoms with Crippen LogP contribution >= 0.6 is 23.4 Å². The summed E-state index contributed by atoms with van der Waals surface area (Å²) in [7, 11) is 0. The molecule has 146 valence electrons. The second-order valence-electron chi connectivity index (χ2n) is 6.59. The van der Waals surface area contributed by atoms with Crippen LogP contribution in [0.25, 0.3) is 0 Å². The van der Waals surface area contributed by atoms with Crippen molar-refractivity contribution in [2.24, 2.45) is 4.99 Å². The van der Waals surface area contributed by atoms with Gasteiger partial charge in [0.2, 0.25) is 5.96 Å². The van der Waals surface area contributed by atoms with Gasteiger partial charge in [0.25, 0.3) is 0 Å². The maximum atomic E-state index is 9.74. The zero-order valence-electron chi connectivity index (χ0n) is 16.4. The molecule has 2 aromatic rings. The number of thioether (sulfide) groups is 1. The van der Waals surface area contributed by atoms with Crippen LogP contribution in [0.1, 0.15) is 37.8 Å². The van der Waals surface area contributed by atoms with Gasteiger partial charge in [-0.3, -0.25) is 0 Å². The van der Waals surface area contributed by atoms with E-state index in [-0.39, 0.29) is 0 Å². The molecule has 0 unspecified atom stereocenters. The summed E-state index contributed by atoms with van der Waals surface area (Å²) in [4.78, 5) is 14.0. The molecule has 0 fully saturated rings. The van der Waals surface area contributed by atoms with Gasteiger partial charge in [-0.15, -0.1) is 11.8 Å². The fourth-order valence-electron chi connectivity index (χ4n) is 3.35. The molecule has 0 aliphatic carbocycles. The number of nitrogens with zero attached hydrogens (tertiary/aromatic N) is 5. The molecule has 1 aromatic heterocycles. The number of anilines is 1. The largest absolute Gasteiger partial charge is 0.342 e. The third kappa shape index (κ3) is 4.11. The van der Waals surface area contributed by atoms with Gasteiger partial charge >= 0.3 is 0 Å². The molecule has 0 N–H and O–H groups in total. The number of halogens is 1. The molecule has 1 aromatic carbocycles. The Balaban J connectivity index is 2.16. The van der Waals surface area contributed by atoms with E-state index in [9.17, 15) is 5.26 Å².